The molecule has 1 aromatic heterocycles. The number of sulfone groups is 1. The van der Waals surface area contributed by atoms with E-state index in [0.717, 1.165) is 24.7 Å². The molecule has 0 unspecified atom stereocenters. The van der Waals surface area contributed by atoms with Gasteiger partial charge in [-0.2, -0.15) is 0 Å². The molecule has 1 amide bonds. The second-order valence-corrected chi connectivity index (χ2v) is 10.0. The molecule has 0 saturated carbocycles. The van der Waals surface area contributed by atoms with E-state index in [4.69, 9.17) is 11.6 Å². The number of hydrogen-bond donors (Lipinski definition) is 0. The van der Waals surface area contributed by atoms with Gasteiger partial charge in [0.2, 0.25) is 0 Å². The van der Waals surface area contributed by atoms with E-state index in [1.165, 1.54) is 46.6 Å². The number of carbonyl (C=O) groups excluding carboxylic acids is 1. The number of thiazole rings is 1. The van der Waals surface area contributed by atoms with Crippen LogP contribution in [0.15, 0.2) is 52.7 Å². The third kappa shape index (κ3) is 5.06. The Bertz CT molecular complexity index is 1160. The van der Waals surface area contributed by atoms with Crippen molar-refractivity contribution in [2.45, 2.75) is 24.7 Å². The molecule has 0 aliphatic rings. The van der Waals surface area contributed by atoms with Crippen LogP contribution < -0.4 is 4.90 Å². The molecule has 0 spiro atoms. The first-order chi connectivity index (χ1) is 14.2. The van der Waals surface area contributed by atoms with Crippen LogP contribution in [-0.4, -0.2) is 32.1 Å². The number of rotatable bonds is 7. The standard InChI is InChI=1S/C21H20ClFN2O3S2/c1-3-4-11-25(20(26)17-12-16(30(2,27)28)9-10-18(17)22)21-24-19(13-29-21)14-5-7-15(23)8-6-14/h5-10,12-13H,3-4,11H2,1-2H3. The van der Waals surface area contributed by atoms with Gasteiger partial charge in [-0.15, -0.1) is 11.3 Å². The summed E-state index contributed by atoms with van der Waals surface area (Å²) in [5.74, 6) is -0.756. The number of anilines is 1. The Labute approximate surface area is 184 Å². The third-order valence-corrected chi connectivity index (χ3v) is 6.74. The van der Waals surface area contributed by atoms with Crippen molar-refractivity contribution < 1.29 is 17.6 Å². The van der Waals surface area contributed by atoms with Crippen molar-refractivity contribution >= 4 is 43.8 Å². The fourth-order valence-electron chi connectivity index (χ4n) is 2.79. The zero-order valence-corrected chi connectivity index (χ0v) is 18.8. The van der Waals surface area contributed by atoms with Crippen molar-refractivity contribution in [2.24, 2.45) is 0 Å². The van der Waals surface area contributed by atoms with Crippen LogP contribution in [0, 0.1) is 5.82 Å². The predicted octanol–water partition coefficient (Wildman–Crippen LogP) is 5.45. The van der Waals surface area contributed by atoms with Gasteiger partial charge in [-0.1, -0.05) is 24.9 Å². The van der Waals surface area contributed by atoms with Crippen LogP contribution in [0.5, 0.6) is 0 Å². The molecule has 3 aromatic rings. The second-order valence-electron chi connectivity index (χ2n) is 6.75. The molecule has 0 atom stereocenters. The fraction of sp³-hybridized carbons (Fsp3) is 0.238. The smallest absolute Gasteiger partial charge is 0.261 e. The predicted molar refractivity (Wildman–Crippen MR) is 119 cm³/mol. The first-order valence-electron chi connectivity index (χ1n) is 9.23. The Balaban J connectivity index is 1.99. The first kappa shape index (κ1) is 22.4. The van der Waals surface area contributed by atoms with Crippen LogP contribution in [0.4, 0.5) is 9.52 Å². The fourth-order valence-corrected chi connectivity index (χ4v) is 4.49. The average molecular weight is 467 g/mol. The van der Waals surface area contributed by atoms with Crippen LogP contribution in [0.1, 0.15) is 30.1 Å². The summed E-state index contributed by atoms with van der Waals surface area (Å²) < 4.78 is 37.0. The lowest BCUT2D eigenvalue weighted by molar-refractivity contribution is 0.0986. The maximum absolute atomic E-state index is 13.3. The minimum Gasteiger partial charge on any atom is -0.284 e. The van der Waals surface area contributed by atoms with E-state index in [2.05, 4.69) is 4.98 Å². The maximum atomic E-state index is 13.3. The molecule has 2 aromatic carbocycles. The summed E-state index contributed by atoms with van der Waals surface area (Å²) in [7, 11) is -3.49. The van der Waals surface area contributed by atoms with Crippen molar-refractivity contribution in [3.05, 3.63) is 64.2 Å². The highest BCUT2D eigenvalue weighted by Gasteiger charge is 2.24. The first-order valence-corrected chi connectivity index (χ1v) is 12.4. The molecule has 0 bridgehead atoms. The highest BCUT2D eigenvalue weighted by atomic mass is 35.5. The summed E-state index contributed by atoms with van der Waals surface area (Å²) >= 11 is 7.51. The summed E-state index contributed by atoms with van der Waals surface area (Å²) in [5.41, 5.74) is 1.47. The van der Waals surface area contributed by atoms with Gasteiger partial charge in [0.1, 0.15) is 5.82 Å². The van der Waals surface area contributed by atoms with Crippen LogP contribution >= 0.6 is 22.9 Å². The lowest BCUT2D eigenvalue weighted by Gasteiger charge is -2.20. The monoisotopic (exact) mass is 466 g/mol. The van der Waals surface area contributed by atoms with E-state index < -0.39 is 15.7 Å². The maximum Gasteiger partial charge on any atom is 0.261 e. The van der Waals surface area contributed by atoms with Gasteiger partial charge >= 0.3 is 0 Å². The number of aromatic nitrogens is 1. The second kappa shape index (κ2) is 9.24. The van der Waals surface area contributed by atoms with Crippen LogP contribution in [0.3, 0.4) is 0 Å². The molecule has 0 saturated heterocycles. The van der Waals surface area contributed by atoms with Crippen molar-refractivity contribution in [3.8, 4) is 11.3 Å². The molecular formula is C21H20ClFN2O3S2. The zero-order chi connectivity index (χ0) is 21.9. The van der Waals surface area contributed by atoms with Gasteiger partial charge in [-0.25, -0.2) is 17.8 Å². The number of amides is 1. The van der Waals surface area contributed by atoms with Gasteiger partial charge in [-0.05, 0) is 48.9 Å². The molecule has 0 aliphatic heterocycles. The number of nitrogens with zero attached hydrogens (tertiary/aromatic N) is 2. The van der Waals surface area contributed by atoms with E-state index in [-0.39, 0.29) is 21.3 Å². The van der Waals surface area contributed by atoms with Gasteiger partial charge < -0.3 is 0 Å². The molecule has 1 heterocycles. The molecule has 158 valence electrons. The van der Waals surface area contributed by atoms with E-state index in [1.54, 1.807) is 17.5 Å². The summed E-state index contributed by atoms with van der Waals surface area (Å²) in [4.78, 5) is 19.4. The summed E-state index contributed by atoms with van der Waals surface area (Å²) in [6.07, 6.45) is 2.67. The van der Waals surface area contributed by atoms with Crippen molar-refractivity contribution in [1.82, 2.24) is 4.98 Å². The zero-order valence-electron chi connectivity index (χ0n) is 16.4. The normalized spacial score (nSPS) is 11.5. The van der Waals surface area contributed by atoms with Crippen LogP contribution in [0.25, 0.3) is 11.3 Å². The lowest BCUT2D eigenvalue weighted by atomic mass is 10.2. The molecule has 0 N–H and O–H groups in total. The van der Waals surface area contributed by atoms with Gasteiger partial charge in [0, 0.05) is 23.7 Å². The number of carbonyl (C=O) groups is 1. The Morgan fingerprint density at radius 1 is 1.20 bits per heavy atom. The van der Waals surface area contributed by atoms with Crippen molar-refractivity contribution in [3.63, 3.8) is 0 Å². The Hall–Kier alpha value is -2.29. The van der Waals surface area contributed by atoms with Gasteiger partial charge in [0.15, 0.2) is 15.0 Å². The van der Waals surface area contributed by atoms with E-state index in [0.29, 0.717) is 17.4 Å². The SMILES string of the molecule is CCCCN(C(=O)c1cc(S(C)(=O)=O)ccc1Cl)c1nc(-c2ccc(F)cc2)cs1. The number of halogens is 2. The molecule has 9 heteroatoms. The molecule has 5 nitrogen and oxygen atoms in total. The summed E-state index contributed by atoms with van der Waals surface area (Å²) in [6, 6.07) is 10.0. The minimum absolute atomic E-state index is 0.0248. The molecule has 3 rings (SSSR count). The molecular weight excluding hydrogens is 447 g/mol. The average Bonchev–Trinajstić information content (AvgIpc) is 3.18. The Kier molecular flexibility index (Phi) is 6.90. The van der Waals surface area contributed by atoms with Crippen LogP contribution in [0.2, 0.25) is 5.02 Å². The van der Waals surface area contributed by atoms with Crippen LogP contribution in [-0.2, 0) is 9.84 Å². The molecule has 0 aliphatic carbocycles. The van der Waals surface area contributed by atoms with E-state index >= 15 is 0 Å². The summed E-state index contributed by atoms with van der Waals surface area (Å²) in [5, 5.41) is 2.43. The van der Waals surface area contributed by atoms with Gasteiger partial charge in [0.25, 0.3) is 5.91 Å². The largest absolute Gasteiger partial charge is 0.284 e. The topological polar surface area (TPSA) is 67.3 Å². The van der Waals surface area contributed by atoms with Gasteiger partial charge in [0.05, 0.1) is 21.2 Å². The number of unbranched alkanes of at least 4 members (excludes halogenated alkanes) is 1. The van der Waals surface area contributed by atoms with Crippen molar-refractivity contribution in [1.29, 1.82) is 0 Å². The highest BCUT2D eigenvalue weighted by molar-refractivity contribution is 7.90. The number of benzene rings is 2. The van der Waals surface area contributed by atoms with Crippen molar-refractivity contribution in [2.75, 3.05) is 17.7 Å². The number of hydrogen-bond acceptors (Lipinski definition) is 5. The lowest BCUT2D eigenvalue weighted by Crippen LogP contribution is -2.32. The minimum atomic E-state index is -3.49. The highest BCUT2D eigenvalue weighted by Crippen LogP contribution is 2.30. The third-order valence-electron chi connectivity index (χ3n) is 4.44. The molecule has 0 radical (unpaired) electrons. The van der Waals surface area contributed by atoms with Gasteiger partial charge in [-0.3, -0.25) is 9.69 Å². The Morgan fingerprint density at radius 3 is 2.53 bits per heavy atom. The summed E-state index contributed by atoms with van der Waals surface area (Å²) in [6.45, 7) is 2.41. The molecule has 30 heavy (non-hydrogen) atoms. The molecule has 0 fully saturated rings. The van der Waals surface area contributed by atoms with E-state index in [9.17, 15) is 17.6 Å². The quantitative estimate of drug-likeness (QED) is 0.464. The van der Waals surface area contributed by atoms with E-state index in [1.807, 2.05) is 6.92 Å². The Morgan fingerprint density at radius 2 is 1.90 bits per heavy atom.